The van der Waals surface area contributed by atoms with E-state index in [2.05, 4.69) is 10.8 Å². The number of carbonyl (C=O) groups excluding carboxylic acids is 2. The van der Waals surface area contributed by atoms with Gasteiger partial charge < -0.3 is 10.1 Å². The first-order valence-corrected chi connectivity index (χ1v) is 13.2. The summed E-state index contributed by atoms with van der Waals surface area (Å²) in [6, 6.07) is 11.6. The fraction of sp³-hybridized carbons (Fsp3) is 0.440. The van der Waals surface area contributed by atoms with Crippen LogP contribution in [0.3, 0.4) is 0 Å². The molecule has 2 amide bonds. The first kappa shape index (κ1) is 27.6. The average Bonchev–Trinajstić information content (AvgIpc) is 3.23. The Labute approximate surface area is 220 Å². The molecule has 1 saturated heterocycles. The molecule has 190 valence electrons. The van der Waals surface area contributed by atoms with E-state index in [9.17, 15) is 9.59 Å². The van der Waals surface area contributed by atoms with Gasteiger partial charge >= 0.3 is 0 Å². The van der Waals surface area contributed by atoms with Crippen LogP contribution in [-0.2, 0) is 27.5 Å². The summed E-state index contributed by atoms with van der Waals surface area (Å²) in [6.45, 7) is 5.73. The van der Waals surface area contributed by atoms with Gasteiger partial charge in [-0.2, -0.15) is 0 Å². The maximum atomic E-state index is 12.9. The summed E-state index contributed by atoms with van der Waals surface area (Å²) in [5, 5.41) is 3.99. The van der Waals surface area contributed by atoms with E-state index in [1.807, 2.05) is 57.0 Å². The fourth-order valence-electron chi connectivity index (χ4n) is 3.34. The van der Waals surface area contributed by atoms with E-state index >= 15 is 0 Å². The minimum absolute atomic E-state index is 0.176. The van der Waals surface area contributed by atoms with Gasteiger partial charge in [0.25, 0.3) is 5.91 Å². The van der Waals surface area contributed by atoms with Crippen molar-refractivity contribution < 1.29 is 19.2 Å². The average molecular weight is 541 g/mol. The van der Waals surface area contributed by atoms with Gasteiger partial charge in [0.2, 0.25) is 5.91 Å². The summed E-state index contributed by atoms with van der Waals surface area (Å²) in [5.41, 5.74) is 3.50. The number of carbonyl (C=O) groups is 2. The minimum Gasteiger partial charge on any atom is -0.489 e. The summed E-state index contributed by atoms with van der Waals surface area (Å²) in [7, 11) is 1.90. The highest BCUT2D eigenvalue weighted by atomic mass is 35.5. The molecule has 2 atom stereocenters. The van der Waals surface area contributed by atoms with E-state index in [1.54, 1.807) is 30.0 Å². The largest absolute Gasteiger partial charge is 0.489 e. The Morgan fingerprint density at radius 3 is 2.37 bits per heavy atom. The molecule has 1 heterocycles. The molecular formula is C25H31Cl2N3O4S. The van der Waals surface area contributed by atoms with Crippen molar-refractivity contribution in [2.75, 3.05) is 18.7 Å². The third-order valence-electron chi connectivity index (χ3n) is 5.30. The number of hydroxylamine groups is 1. The van der Waals surface area contributed by atoms with Crippen molar-refractivity contribution in [1.29, 1.82) is 0 Å². The van der Waals surface area contributed by atoms with Gasteiger partial charge in [0, 0.05) is 33.7 Å². The third-order valence-corrected chi connectivity index (χ3v) is 7.15. The number of amides is 2. The molecule has 2 N–H and O–H groups in total. The number of ether oxygens (including phenoxy) is 1. The zero-order chi connectivity index (χ0) is 25.6. The molecule has 2 aromatic carbocycles. The van der Waals surface area contributed by atoms with Crippen LogP contribution in [0, 0.1) is 0 Å². The first-order valence-electron chi connectivity index (χ1n) is 11.2. The van der Waals surface area contributed by atoms with Gasteiger partial charge in [-0.1, -0.05) is 41.4 Å². The van der Waals surface area contributed by atoms with Crippen LogP contribution in [0.4, 0.5) is 0 Å². The van der Waals surface area contributed by atoms with Crippen molar-refractivity contribution >= 4 is 46.8 Å². The predicted octanol–water partition coefficient (Wildman–Crippen LogP) is 4.45. The van der Waals surface area contributed by atoms with Crippen molar-refractivity contribution in [1.82, 2.24) is 15.7 Å². The highest BCUT2D eigenvalue weighted by Crippen LogP contribution is 2.26. The number of likely N-dealkylation sites (N-methyl/N-ethyl adjacent to an activating group) is 1. The first-order chi connectivity index (χ1) is 16.5. The predicted molar refractivity (Wildman–Crippen MR) is 141 cm³/mol. The molecule has 0 saturated carbocycles. The van der Waals surface area contributed by atoms with Crippen LogP contribution in [0.25, 0.3) is 0 Å². The van der Waals surface area contributed by atoms with Gasteiger partial charge in [0.1, 0.15) is 18.4 Å². The van der Waals surface area contributed by atoms with Crippen LogP contribution in [-0.4, -0.2) is 53.1 Å². The molecule has 0 radical (unpaired) electrons. The number of nitrogens with one attached hydrogen (secondary N) is 2. The van der Waals surface area contributed by atoms with Crippen molar-refractivity contribution in [3.8, 4) is 5.75 Å². The molecule has 1 fully saturated rings. The molecule has 1 aliphatic rings. The van der Waals surface area contributed by atoms with Gasteiger partial charge in [0.05, 0.1) is 11.6 Å². The lowest BCUT2D eigenvalue weighted by molar-refractivity contribution is -0.149. The van der Waals surface area contributed by atoms with E-state index < -0.39 is 17.6 Å². The quantitative estimate of drug-likeness (QED) is 0.458. The number of halogens is 2. The third kappa shape index (κ3) is 8.29. The molecule has 0 aliphatic carbocycles. The molecular weight excluding hydrogens is 509 g/mol. The summed E-state index contributed by atoms with van der Waals surface area (Å²) in [5.74, 6) is 1.52. The Morgan fingerprint density at radius 2 is 1.80 bits per heavy atom. The SMILES string of the molecule is CN1CSCC1C(=O)NC(Cc1ccc(OCc2c(Cl)cccc2Cl)cc1)C(=O)NOC(C)(C)C. The van der Waals surface area contributed by atoms with E-state index in [1.165, 1.54) is 0 Å². The lowest BCUT2D eigenvalue weighted by Crippen LogP contribution is -2.53. The summed E-state index contributed by atoms with van der Waals surface area (Å²) < 4.78 is 5.84. The summed E-state index contributed by atoms with van der Waals surface area (Å²) in [6.07, 6.45) is 0.297. The number of thioether (sulfide) groups is 1. The van der Waals surface area contributed by atoms with Crippen molar-refractivity contribution in [3.05, 3.63) is 63.6 Å². The monoisotopic (exact) mass is 539 g/mol. The molecule has 2 unspecified atom stereocenters. The van der Waals surface area contributed by atoms with Gasteiger partial charge in [-0.05, 0) is 57.6 Å². The lowest BCUT2D eigenvalue weighted by atomic mass is 10.0. The van der Waals surface area contributed by atoms with Gasteiger partial charge in [-0.15, -0.1) is 11.8 Å². The van der Waals surface area contributed by atoms with Crippen molar-refractivity contribution in [2.24, 2.45) is 0 Å². The molecule has 0 bridgehead atoms. The molecule has 3 rings (SSSR count). The van der Waals surface area contributed by atoms with Crippen LogP contribution >= 0.6 is 35.0 Å². The molecule has 1 aliphatic heterocycles. The van der Waals surface area contributed by atoms with Gasteiger partial charge in [0.15, 0.2) is 0 Å². The Morgan fingerprint density at radius 1 is 1.14 bits per heavy atom. The Kier molecular flexibility index (Phi) is 9.72. The van der Waals surface area contributed by atoms with E-state index in [4.69, 9.17) is 32.8 Å². The molecule has 0 aromatic heterocycles. The van der Waals surface area contributed by atoms with Crippen LogP contribution in [0.15, 0.2) is 42.5 Å². The number of hydrogen-bond acceptors (Lipinski definition) is 6. The topological polar surface area (TPSA) is 79.9 Å². The molecule has 35 heavy (non-hydrogen) atoms. The molecule has 7 nitrogen and oxygen atoms in total. The lowest BCUT2D eigenvalue weighted by Gasteiger charge is -2.25. The highest BCUT2D eigenvalue weighted by Gasteiger charge is 2.32. The van der Waals surface area contributed by atoms with E-state index in [0.29, 0.717) is 33.5 Å². The van der Waals surface area contributed by atoms with Crippen LogP contribution in [0.5, 0.6) is 5.75 Å². The second kappa shape index (κ2) is 12.3. The minimum atomic E-state index is -0.794. The van der Waals surface area contributed by atoms with E-state index in [-0.39, 0.29) is 18.6 Å². The highest BCUT2D eigenvalue weighted by molar-refractivity contribution is 7.99. The Hall–Kier alpha value is -1.97. The number of benzene rings is 2. The summed E-state index contributed by atoms with van der Waals surface area (Å²) in [4.78, 5) is 33.2. The second-order valence-electron chi connectivity index (χ2n) is 9.35. The van der Waals surface area contributed by atoms with Crippen LogP contribution < -0.4 is 15.5 Å². The molecule has 2 aromatic rings. The van der Waals surface area contributed by atoms with Crippen LogP contribution in [0.2, 0.25) is 10.0 Å². The number of hydrogen-bond donors (Lipinski definition) is 2. The summed E-state index contributed by atoms with van der Waals surface area (Å²) >= 11 is 14.1. The second-order valence-corrected chi connectivity index (χ2v) is 11.2. The molecule has 10 heteroatoms. The van der Waals surface area contributed by atoms with E-state index in [0.717, 1.165) is 11.4 Å². The smallest absolute Gasteiger partial charge is 0.266 e. The van der Waals surface area contributed by atoms with Gasteiger partial charge in [-0.3, -0.25) is 19.3 Å². The zero-order valence-electron chi connectivity index (χ0n) is 20.3. The van der Waals surface area contributed by atoms with Crippen molar-refractivity contribution in [3.63, 3.8) is 0 Å². The van der Waals surface area contributed by atoms with Crippen LogP contribution in [0.1, 0.15) is 31.9 Å². The Balaban J connectivity index is 1.66. The maximum absolute atomic E-state index is 12.9. The van der Waals surface area contributed by atoms with Gasteiger partial charge in [-0.25, -0.2) is 5.48 Å². The molecule has 0 spiro atoms. The fourth-order valence-corrected chi connectivity index (χ4v) is 5.05. The Bertz CT molecular complexity index is 1010. The zero-order valence-corrected chi connectivity index (χ0v) is 22.6. The number of nitrogens with zero attached hydrogens (tertiary/aromatic N) is 1. The normalized spacial score (nSPS) is 17.1. The number of rotatable bonds is 9. The van der Waals surface area contributed by atoms with Crippen molar-refractivity contribution in [2.45, 2.75) is 51.5 Å². The standard InChI is InChI=1S/C25H31Cl2N3O4S/c1-25(2,3)34-29-23(31)21(28-24(32)22-14-35-15-30(22)4)12-16-8-10-17(11-9-16)33-13-18-19(26)6-5-7-20(18)27/h5-11,21-22H,12-15H2,1-4H3,(H,28,32)(H,29,31). The maximum Gasteiger partial charge on any atom is 0.266 e.